The fourth-order valence-electron chi connectivity index (χ4n) is 3.52. The molecule has 2 aromatic carbocycles. The molecular formula is C18H13ClN4. The summed E-state index contributed by atoms with van der Waals surface area (Å²) >= 11 is 6.76. The minimum atomic E-state index is 0.651. The molecule has 112 valence electrons. The molecule has 0 N–H and O–H groups in total. The minimum absolute atomic E-state index is 0.651. The van der Waals surface area contributed by atoms with E-state index in [0.717, 1.165) is 44.5 Å². The highest BCUT2D eigenvalue weighted by Gasteiger charge is 2.26. The number of fused-ring (bicyclic) bond motifs is 7. The second-order valence-corrected chi connectivity index (χ2v) is 6.16. The van der Waals surface area contributed by atoms with Gasteiger partial charge in [0.15, 0.2) is 5.82 Å². The Labute approximate surface area is 138 Å². The van der Waals surface area contributed by atoms with Crippen molar-refractivity contribution in [2.24, 2.45) is 0 Å². The van der Waals surface area contributed by atoms with Crippen LogP contribution in [0, 0.1) is 6.92 Å². The standard InChI is InChI=1S/C18H13ClN4/c1-11-20-21-16-10-22-14-8-4-2-6-12(14)17(19)18(22)13-7-3-5-9-15(13)23(11)16/h2-9H,10H2,1H3. The highest BCUT2D eigenvalue weighted by atomic mass is 35.5. The van der Waals surface area contributed by atoms with Gasteiger partial charge in [0.1, 0.15) is 5.82 Å². The summed E-state index contributed by atoms with van der Waals surface area (Å²) in [4.78, 5) is 0. The molecule has 0 saturated carbocycles. The normalized spacial score (nSPS) is 12.6. The van der Waals surface area contributed by atoms with Crippen molar-refractivity contribution in [3.63, 3.8) is 0 Å². The van der Waals surface area contributed by atoms with Gasteiger partial charge >= 0.3 is 0 Å². The highest BCUT2D eigenvalue weighted by molar-refractivity contribution is 6.38. The first-order chi connectivity index (χ1) is 11.3. The zero-order valence-electron chi connectivity index (χ0n) is 12.5. The van der Waals surface area contributed by atoms with Crippen molar-refractivity contribution in [2.75, 3.05) is 0 Å². The van der Waals surface area contributed by atoms with Gasteiger partial charge in [-0.2, -0.15) is 0 Å². The molecule has 0 unspecified atom stereocenters. The molecule has 1 aliphatic rings. The SMILES string of the molecule is Cc1nnc2n1-c1ccccc1-c1c(Cl)c3ccccc3n1C2. The van der Waals surface area contributed by atoms with Crippen LogP contribution in [-0.4, -0.2) is 19.3 Å². The lowest BCUT2D eigenvalue weighted by Crippen LogP contribution is -2.05. The van der Waals surface area contributed by atoms with Gasteiger partial charge in [0.25, 0.3) is 0 Å². The molecule has 23 heavy (non-hydrogen) atoms. The Balaban J connectivity index is 1.99. The third kappa shape index (κ3) is 1.61. The summed E-state index contributed by atoms with van der Waals surface area (Å²) in [5.41, 5.74) is 4.36. The van der Waals surface area contributed by atoms with E-state index in [1.807, 2.05) is 31.2 Å². The van der Waals surface area contributed by atoms with E-state index in [1.165, 1.54) is 0 Å². The van der Waals surface area contributed by atoms with Crippen LogP contribution in [0.3, 0.4) is 0 Å². The summed E-state index contributed by atoms with van der Waals surface area (Å²) < 4.78 is 4.36. The van der Waals surface area contributed by atoms with Crippen LogP contribution >= 0.6 is 11.6 Å². The molecule has 0 fully saturated rings. The summed E-state index contributed by atoms with van der Waals surface area (Å²) in [6.07, 6.45) is 0. The zero-order valence-corrected chi connectivity index (χ0v) is 13.2. The number of rotatable bonds is 0. The van der Waals surface area contributed by atoms with Crippen molar-refractivity contribution in [1.82, 2.24) is 19.3 Å². The van der Waals surface area contributed by atoms with Gasteiger partial charge in [-0.3, -0.25) is 4.57 Å². The minimum Gasteiger partial charge on any atom is -0.331 e. The lowest BCUT2D eigenvalue weighted by Gasteiger charge is -2.10. The monoisotopic (exact) mass is 320 g/mol. The van der Waals surface area contributed by atoms with Gasteiger partial charge in [-0.05, 0) is 19.1 Å². The number of hydrogen-bond acceptors (Lipinski definition) is 2. The second kappa shape index (κ2) is 4.46. The zero-order chi connectivity index (χ0) is 15.6. The molecule has 0 amide bonds. The number of nitrogens with zero attached hydrogens (tertiary/aromatic N) is 4. The smallest absolute Gasteiger partial charge is 0.157 e. The van der Waals surface area contributed by atoms with Crippen molar-refractivity contribution in [3.05, 3.63) is 65.2 Å². The van der Waals surface area contributed by atoms with E-state index in [2.05, 4.69) is 43.6 Å². The topological polar surface area (TPSA) is 35.6 Å². The van der Waals surface area contributed by atoms with Crippen molar-refractivity contribution in [1.29, 1.82) is 0 Å². The van der Waals surface area contributed by atoms with Crippen LogP contribution in [0.5, 0.6) is 0 Å². The fourth-order valence-corrected chi connectivity index (χ4v) is 3.88. The summed E-state index contributed by atoms with van der Waals surface area (Å²) in [7, 11) is 0. The average molecular weight is 321 g/mol. The van der Waals surface area contributed by atoms with Gasteiger partial charge in [0.05, 0.1) is 28.5 Å². The first-order valence-corrected chi connectivity index (χ1v) is 7.91. The number of aromatic nitrogens is 4. The molecule has 0 bridgehead atoms. The summed E-state index contributed by atoms with van der Waals surface area (Å²) in [6.45, 7) is 2.63. The summed E-state index contributed by atoms with van der Waals surface area (Å²) in [6, 6.07) is 16.5. The van der Waals surface area contributed by atoms with E-state index >= 15 is 0 Å². The second-order valence-electron chi connectivity index (χ2n) is 5.78. The van der Waals surface area contributed by atoms with Crippen molar-refractivity contribution in [2.45, 2.75) is 13.5 Å². The first kappa shape index (κ1) is 12.9. The molecule has 5 rings (SSSR count). The number of aryl methyl sites for hydroxylation is 1. The highest BCUT2D eigenvalue weighted by Crippen LogP contribution is 2.42. The predicted molar refractivity (Wildman–Crippen MR) is 91.1 cm³/mol. The number of benzene rings is 2. The predicted octanol–water partition coefficient (Wildman–Crippen LogP) is 4.21. The van der Waals surface area contributed by atoms with Crippen molar-refractivity contribution >= 4 is 22.5 Å². The number of para-hydroxylation sites is 2. The van der Waals surface area contributed by atoms with Crippen molar-refractivity contribution < 1.29 is 0 Å². The Morgan fingerprint density at radius 2 is 1.78 bits per heavy atom. The maximum Gasteiger partial charge on any atom is 0.157 e. The molecule has 0 spiro atoms. The first-order valence-electron chi connectivity index (χ1n) is 7.53. The van der Waals surface area contributed by atoms with Crippen LogP contribution in [0.2, 0.25) is 5.02 Å². The fraction of sp³-hybridized carbons (Fsp3) is 0.111. The van der Waals surface area contributed by atoms with E-state index < -0.39 is 0 Å². The molecule has 1 aliphatic heterocycles. The van der Waals surface area contributed by atoms with Crippen LogP contribution in [0.4, 0.5) is 0 Å². The molecule has 2 aromatic heterocycles. The van der Waals surface area contributed by atoms with Crippen LogP contribution in [-0.2, 0) is 6.54 Å². The van der Waals surface area contributed by atoms with E-state index in [-0.39, 0.29) is 0 Å². The summed E-state index contributed by atoms with van der Waals surface area (Å²) in [5.74, 6) is 1.81. The lowest BCUT2D eigenvalue weighted by atomic mass is 10.1. The Bertz CT molecular complexity index is 1070. The largest absolute Gasteiger partial charge is 0.331 e. The summed E-state index contributed by atoms with van der Waals surface area (Å²) in [5, 5.41) is 10.5. The molecule has 0 aliphatic carbocycles. The van der Waals surface area contributed by atoms with Gasteiger partial charge in [-0.15, -0.1) is 10.2 Å². The van der Waals surface area contributed by atoms with E-state index in [4.69, 9.17) is 11.6 Å². The molecule has 3 heterocycles. The van der Waals surface area contributed by atoms with E-state index in [9.17, 15) is 0 Å². The quantitative estimate of drug-likeness (QED) is 0.428. The van der Waals surface area contributed by atoms with E-state index in [0.29, 0.717) is 6.54 Å². The third-order valence-corrected chi connectivity index (χ3v) is 4.88. The molecule has 5 heteroatoms. The van der Waals surface area contributed by atoms with Crippen LogP contribution in [0.1, 0.15) is 11.6 Å². The molecule has 0 atom stereocenters. The molecule has 4 nitrogen and oxygen atoms in total. The van der Waals surface area contributed by atoms with Gasteiger partial charge in [0.2, 0.25) is 0 Å². The molecular weight excluding hydrogens is 308 g/mol. The van der Waals surface area contributed by atoms with E-state index in [1.54, 1.807) is 0 Å². The maximum atomic E-state index is 6.76. The Kier molecular flexibility index (Phi) is 2.50. The lowest BCUT2D eigenvalue weighted by molar-refractivity contribution is 0.765. The Morgan fingerprint density at radius 3 is 2.70 bits per heavy atom. The Hall–Kier alpha value is -2.59. The number of hydrogen-bond donors (Lipinski definition) is 0. The molecule has 0 radical (unpaired) electrons. The van der Waals surface area contributed by atoms with Gasteiger partial charge in [-0.25, -0.2) is 0 Å². The van der Waals surface area contributed by atoms with Crippen LogP contribution in [0.15, 0.2) is 48.5 Å². The van der Waals surface area contributed by atoms with Crippen LogP contribution in [0.25, 0.3) is 27.8 Å². The third-order valence-electron chi connectivity index (χ3n) is 4.50. The van der Waals surface area contributed by atoms with Crippen molar-refractivity contribution in [3.8, 4) is 16.9 Å². The van der Waals surface area contributed by atoms with Gasteiger partial charge < -0.3 is 4.57 Å². The average Bonchev–Trinajstić information content (AvgIpc) is 3.02. The van der Waals surface area contributed by atoms with Crippen LogP contribution < -0.4 is 0 Å². The molecule has 4 aromatic rings. The van der Waals surface area contributed by atoms with Gasteiger partial charge in [0, 0.05) is 10.9 Å². The van der Waals surface area contributed by atoms with Gasteiger partial charge in [-0.1, -0.05) is 48.0 Å². The molecule has 0 saturated heterocycles. The number of halogens is 1. The maximum absolute atomic E-state index is 6.76. The Morgan fingerprint density at radius 1 is 1.00 bits per heavy atom.